The van der Waals surface area contributed by atoms with Gasteiger partial charge >= 0.3 is 0 Å². The Kier molecular flexibility index (Phi) is 4.35. The molecule has 0 saturated carbocycles. The maximum absolute atomic E-state index is 10.6. The molecule has 1 unspecified atom stereocenters. The second-order valence-electron chi connectivity index (χ2n) is 3.68. The molecule has 17 heavy (non-hydrogen) atoms. The van der Waals surface area contributed by atoms with Crippen LogP contribution in [0.4, 0.5) is 17.1 Å². The highest BCUT2D eigenvalue weighted by Gasteiger charge is 2.12. The Morgan fingerprint density at radius 2 is 2.35 bits per heavy atom. The molecule has 1 atom stereocenters. The molecule has 0 spiro atoms. The number of nitrogen functional groups attached to an aromatic ring is 1. The van der Waals surface area contributed by atoms with E-state index in [1.165, 1.54) is 12.1 Å². The maximum Gasteiger partial charge on any atom is 0.292 e. The first kappa shape index (κ1) is 12.8. The van der Waals surface area contributed by atoms with E-state index in [1.807, 2.05) is 6.92 Å². The van der Waals surface area contributed by atoms with Gasteiger partial charge in [-0.15, -0.1) is 6.42 Å². The van der Waals surface area contributed by atoms with Crippen LogP contribution in [-0.4, -0.2) is 11.0 Å². The van der Waals surface area contributed by atoms with Gasteiger partial charge in [-0.1, -0.05) is 19.3 Å². The van der Waals surface area contributed by atoms with Crippen molar-refractivity contribution in [3.63, 3.8) is 0 Å². The summed E-state index contributed by atoms with van der Waals surface area (Å²) in [7, 11) is 0. The third-order valence-corrected chi connectivity index (χ3v) is 2.34. The van der Waals surface area contributed by atoms with E-state index in [9.17, 15) is 10.1 Å². The molecule has 0 saturated heterocycles. The molecule has 3 N–H and O–H groups in total. The lowest BCUT2D eigenvalue weighted by Gasteiger charge is -2.13. The van der Waals surface area contributed by atoms with Crippen molar-refractivity contribution in [2.75, 3.05) is 11.1 Å². The zero-order valence-electron chi connectivity index (χ0n) is 9.64. The first-order chi connectivity index (χ1) is 8.08. The summed E-state index contributed by atoms with van der Waals surface area (Å²) in [6.45, 7) is 2.04. The molecule has 0 fully saturated rings. The lowest BCUT2D eigenvalue weighted by Crippen LogP contribution is -2.16. The van der Waals surface area contributed by atoms with Crippen LogP contribution in [0.15, 0.2) is 18.2 Å². The van der Waals surface area contributed by atoms with Gasteiger partial charge in [0.1, 0.15) is 5.69 Å². The second kappa shape index (κ2) is 5.75. The van der Waals surface area contributed by atoms with Gasteiger partial charge in [0.25, 0.3) is 5.69 Å². The van der Waals surface area contributed by atoms with E-state index in [0.29, 0.717) is 5.69 Å². The van der Waals surface area contributed by atoms with Crippen molar-refractivity contribution in [2.45, 2.75) is 25.8 Å². The van der Waals surface area contributed by atoms with Gasteiger partial charge in [0, 0.05) is 11.8 Å². The SMILES string of the molecule is C#CC(CCC)Nc1ccc([N+](=O)[O-])c(N)c1. The largest absolute Gasteiger partial charge is 0.393 e. The molecule has 90 valence electrons. The normalized spacial score (nSPS) is 11.5. The van der Waals surface area contributed by atoms with Crippen LogP contribution in [0.1, 0.15) is 19.8 Å². The summed E-state index contributed by atoms with van der Waals surface area (Å²) in [5.41, 5.74) is 6.32. The molecule has 1 rings (SSSR count). The number of hydrogen-bond acceptors (Lipinski definition) is 4. The zero-order valence-corrected chi connectivity index (χ0v) is 9.64. The fourth-order valence-electron chi connectivity index (χ4n) is 1.50. The summed E-state index contributed by atoms with van der Waals surface area (Å²) in [5.74, 6) is 2.62. The van der Waals surface area contributed by atoms with Crippen molar-refractivity contribution >= 4 is 17.1 Å². The summed E-state index contributed by atoms with van der Waals surface area (Å²) in [6.07, 6.45) is 7.17. The molecular formula is C12H15N3O2. The summed E-state index contributed by atoms with van der Waals surface area (Å²) in [6, 6.07) is 4.42. The molecule has 0 aliphatic rings. The Labute approximate surface area is 100 Å². The minimum Gasteiger partial charge on any atom is -0.393 e. The van der Waals surface area contributed by atoms with Crippen molar-refractivity contribution in [2.24, 2.45) is 0 Å². The number of nitrogens with two attached hydrogens (primary N) is 1. The highest BCUT2D eigenvalue weighted by atomic mass is 16.6. The molecule has 1 aromatic rings. The zero-order chi connectivity index (χ0) is 12.8. The minimum atomic E-state index is -0.510. The van der Waals surface area contributed by atoms with E-state index in [1.54, 1.807) is 6.07 Å². The van der Waals surface area contributed by atoms with E-state index in [2.05, 4.69) is 11.2 Å². The number of nitrogens with one attached hydrogen (secondary N) is 1. The predicted molar refractivity (Wildman–Crippen MR) is 68.7 cm³/mol. The number of nitro benzene ring substituents is 1. The topological polar surface area (TPSA) is 81.2 Å². The van der Waals surface area contributed by atoms with Gasteiger partial charge in [-0.25, -0.2) is 0 Å². The van der Waals surface area contributed by atoms with Crippen molar-refractivity contribution in [1.29, 1.82) is 0 Å². The predicted octanol–water partition coefficient (Wildman–Crippen LogP) is 2.39. The van der Waals surface area contributed by atoms with Gasteiger partial charge in [0.2, 0.25) is 0 Å². The first-order valence-corrected chi connectivity index (χ1v) is 5.35. The van der Waals surface area contributed by atoms with Crippen LogP contribution < -0.4 is 11.1 Å². The molecule has 0 radical (unpaired) electrons. The van der Waals surface area contributed by atoms with Gasteiger partial charge in [0.15, 0.2) is 0 Å². The lowest BCUT2D eigenvalue weighted by atomic mass is 10.1. The third kappa shape index (κ3) is 3.38. The number of nitrogens with zero attached hydrogens (tertiary/aromatic N) is 1. The fourth-order valence-corrected chi connectivity index (χ4v) is 1.50. The molecular weight excluding hydrogens is 218 g/mol. The maximum atomic E-state index is 10.6. The molecule has 0 aliphatic carbocycles. The Bertz CT molecular complexity index is 452. The average molecular weight is 233 g/mol. The monoisotopic (exact) mass is 233 g/mol. The van der Waals surface area contributed by atoms with Crippen LogP contribution in [0.5, 0.6) is 0 Å². The quantitative estimate of drug-likeness (QED) is 0.354. The number of rotatable bonds is 5. The van der Waals surface area contributed by atoms with Gasteiger partial charge in [-0.3, -0.25) is 10.1 Å². The first-order valence-electron chi connectivity index (χ1n) is 5.35. The van der Waals surface area contributed by atoms with Crippen LogP contribution in [0.3, 0.4) is 0 Å². The van der Waals surface area contributed by atoms with E-state index in [-0.39, 0.29) is 17.4 Å². The van der Waals surface area contributed by atoms with E-state index in [4.69, 9.17) is 12.2 Å². The summed E-state index contributed by atoms with van der Waals surface area (Å²) >= 11 is 0. The molecule has 0 heterocycles. The van der Waals surface area contributed by atoms with Crippen LogP contribution in [0, 0.1) is 22.5 Å². The summed E-state index contributed by atoms with van der Waals surface area (Å²) < 4.78 is 0. The lowest BCUT2D eigenvalue weighted by molar-refractivity contribution is -0.383. The summed E-state index contributed by atoms with van der Waals surface area (Å²) in [4.78, 5) is 10.1. The molecule has 5 heteroatoms. The Hall–Kier alpha value is -2.22. The number of nitro groups is 1. The number of benzene rings is 1. The van der Waals surface area contributed by atoms with Crippen molar-refractivity contribution < 1.29 is 4.92 Å². The van der Waals surface area contributed by atoms with Gasteiger partial charge < -0.3 is 11.1 Å². The van der Waals surface area contributed by atoms with Crippen molar-refractivity contribution in [3.05, 3.63) is 28.3 Å². The van der Waals surface area contributed by atoms with Crippen LogP contribution in [0.25, 0.3) is 0 Å². The molecule has 0 amide bonds. The van der Waals surface area contributed by atoms with E-state index >= 15 is 0 Å². The standard InChI is InChI=1S/C12H15N3O2/c1-3-5-9(4-2)14-10-6-7-12(15(16)17)11(13)8-10/h2,6-9,14H,3,5,13H2,1H3. The van der Waals surface area contributed by atoms with Crippen LogP contribution in [-0.2, 0) is 0 Å². The average Bonchev–Trinajstić information content (AvgIpc) is 2.28. The Balaban J connectivity index is 2.84. The summed E-state index contributed by atoms with van der Waals surface area (Å²) in [5, 5.41) is 13.7. The second-order valence-corrected chi connectivity index (χ2v) is 3.68. The van der Waals surface area contributed by atoms with Crippen molar-refractivity contribution in [1.82, 2.24) is 0 Å². The van der Waals surface area contributed by atoms with Gasteiger partial charge in [-0.05, 0) is 18.6 Å². The molecule has 5 nitrogen and oxygen atoms in total. The van der Waals surface area contributed by atoms with Gasteiger partial charge in [-0.2, -0.15) is 0 Å². The third-order valence-electron chi connectivity index (χ3n) is 2.34. The number of terminal acetylenes is 1. The molecule has 0 aliphatic heterocycles. The Morgan fingerprint density at radius 3 is 2.82 bits per heavy atom. The Morgan fingerprint density at radius 1 is 1.65 bits per heavy atom. The highest BCUT2D eigenvalue weighted by molar-refractivity contribution is 5.66. The van der Waals surface area contributed by atoms with Crippen molar-refractivity contribution in [3.8, 4) is 12.3 Å². The molecule has 0 aromatic heterocycles. The van der Waals surface area contributed by atoms with E-state index < -0.39 is 4.92 Å². The minimum absolute atomic E-state index is 0.0825. The molecule has 1 aromatic carbocycles. The molecule has 0 bridgehead atoms. The smallest absolute Gasteiger partial charge is 0.292 e. The number of hydrogen-bond donors (Lipinski definition) is 2. The van der Waals surface area contributed by atoms with Crippen LogP contribution >= 0.6 is 0 Å². The van der Waals surface area contributed by atoms with E-state index in [0.717, 1.165) is 12.8 Å². The van der Waals surface area contributed by atoms with Crippen LogP contribution in [0.2, 0.25) is 0 Å². The highest BCUT2D eigenvalue weighted by Crippen LogP contribution is 2.25. The fraction of sp³-hybridized carbons (Fsp3) is 0.333. The number of anilines is 2. The van der Waals surface area contributed by atoms with Gasteiger partial charge in [0.05, 0.1) is 11.0 Å².